The van der Waals surface area contributed by atoms with Gasteiger partial charge in [-0.05, 0) is 39.3 Å². The Balaban J connectivity index is 4.31. The fraction of sp³-hybridized carbons (Fsp3) is 1.00. The Morgan fingerprint density at radius 1 is 1.12 bits per heavy atom. The van der Waals surface area contributed by atoms with Crippen molar-refractivity contribution in [3.05, 3.63) is 0 Å². The molecule has 104 valence electrons. The third-order valence-corrected chi connectivity index (χ3v) is 2.96. The van der Waals surface area contributed by atoms with Gasteiger partial charge in [0.25, 0.3) is 0 Å². The average molecular weight is 244 g/mol. The van der Waals surface area contributed by atoms with Gasteiger partial charge in [-0.15, -0.1) is 0 Å². The zero-order valence-electron chi connectivity index (χ0n) is 12.6. The summed E-state index contributed by atoms with van der Waals surface area (Å²) >= 11 is 0. The molecule has 3 heteroatoms. The Labute approximate surface area is 108 Å². The summed E-state index contributed by atoms with van der Waals surface area (Å²) in [5.41, 5.74) is -0.315. The van der Waals surface area contributed by atoms with Crippen LogP contribution in [0.3, 0.4) is 0 Å². The van der Waals surface area contributed by atoms with E-state index in [4.69, 9.17) is 0 Å². The van der Waals surface area contributed by atoms with Crippen molar-refractivity contribution in [2.24, 2.45) is 5.41 Å². The van der Waals surface area contributed by atoms with Crippen LogP contribution in [0.4, 0.5) is 0 Å². The quantitative estimate of drug-likeness (QED) is 0.652. The van der Waals surface area contributed by atoms with Gasteiger partial charge in [0.15, 0.2) is 0 Å². The first kappa shape index (κ1) is 16.9. The summed E-state index contributed by atoms with van der Waals surface area (Å²) in [5.74, 6) is 0. The van der Waals surface area contributed by atoms with Crippen molar-refractivity contribution in [3.8, 4) is 0 Å². The molecular weight excluding hydrogens is 212 g/mol. The van der Waals surface area contributed by atoms with E-state index in [9.17, 15) is 5.11 Å². The molecule has 0 rings (SSSR count). The molecule has 0 aliphatic rings. The largest absolute Gasteiger partial charge is 0.389 e. The highest BCUT2D eigenvalue weighted by Crippen LogP contribution is 2.24. The van der Waals surface area contributed by atoms with Crippen molar-refractivity contribution < 1.29 is 5.11 Å². The summed E-state index contributed by atoms with van der Waals surface area (Å²) in [6, 6.07) is 0. The molecule has 0 aromatic rings. The minimum absolute atomic E-state index is 0.296. The van der Waals surface area contributed by atoms with Crippen molar-refractivity contribution in [3.63, 3.8) is 0 Å². The van der Waals surface area contributed by atoms with Crippen LogP contribution in [0.2, 0.25) is 0 Å². The highest BCUT2D eigenvalue weighted by atomic mass is 16.3. The van der Waals surface area contributed by atoms with E-state index in [1.165, 1.54) is 12.8 Å². The highest BCUT2D eigenvalue weighted by Gasteiger charge is 2.26. The lowest BCUT2D eigenvalue weighted by Crippen LogP contribution is -2.45. The molecule has 0 aromatic heterocycles. The van der Waals surface area contributed by atoms with E-state index in [0.717, 1.165) is 26.2 Å². The van der Waals surface area contributed by atoms with Crippen LogP contribution in [0.1, 0.15) is 47.5 Å². The fourth-order valence-electron chi connectivity index (χ4n) is 2.62. The molecule has 0 aliphatic heterocycles. The first-order valence-electron chi connectivity index (χ1n) is 6.84. The monoisotopic (exact) mass is 244 g/mol. The number of nitrogens with zero attached hydrogens (tertiary/aromatic N) is 1. The Bertz CT molecular complexity index is 201. The lowest BCUT2D eigenvalue weighted by Gasteiger charge is -2.36. The first-order valence-corrected chi connectivity index (χ1v) is 6.84. The molecule has 3 nitrogen and oxygen atoms in total. The molecular formula is C14H32N2O. The van der Waals surface area contributed by atoms with E-state index in [1.54, 1.807) is 0 Å². The summed E-state index contributed by atoms with van der Waals surface area (Å²) in [6.07, 6.45) is 2.43. The van der Waals surface area contributed by atoms with Crippen LogP contribution >= 0.6 is 0 Å². The van der Waals surface area contributed by atoms with E-state index < -0.39 is 5.60 Å². The summed E-state index contributed by atoms with van der Waals surface area (Å²) in [7, 11) is 2.10. The zero-order chi connectivity index (χ0) is 13.5. The fourth-order valence-corrected chi connectivity index (χ4v) is 2.62. The smallest absolute Gasteiger partial charge is 0.0718 e. The van der Waals surface area contributed by atoms with Gasteiger partial charge in [0.1, 0.15) is 0 Å². The number of hydrogen-bond acceptors (Lipinski definition) is 3. The molecule has 1 atom stereocenters. The Hall–Kier alpha value is -0.120. The van der Waals surface area contributed by atoms with E-state index in [0.29, 0.717) is 5.41 Å². The first-order chi connectivity index (χ1) is 7.72. The molecule has 0 aromatic carbocycles. The molecule has 0 saturated heterocycles. The van der Waals surface area contributed by atoms with Crippen LogP contribution in [0.15, 0.2) is 0 Å². The number of aliphatic hydroxyl groups is 1. The van der Waals surface area contributed by atoms with Gasteiger partial charge < -0.3 is 15.3 Å². The van der Waals surface area contributed by atoms with Crippen LogP contribution in [0.5, 0.6) is 0 Å². The minimum Gasteiger partial charge on any atom is -0.389 e. The Kier molecular flexibility index (Phi) is 7.29. The molecule has 0 bridgehead atoms. The van der Waals surface area contributed by atoms with E-state index in [2.05, 4.69) is 38.0 Å². The van der Waals surface area contributed by atoms with E-state index >= 15 is 0 Å². The molecule has 0 spiro atoms. The van der Waals surface area contributed by atoms with Gasteiger partial charge in [-0.3, -0.25) is 0 Å². The molecule has 0 heterocycles. The number of hydrogen-bond donors (Lipinski definition) is 2. The van der Waals surface area contributed by atoms with Gasteiger partial charge in [-0.25, -0.2) is 0 Å². The highest BCUT2D eigenvalue weighted by molar-refractivity contribution is 4.81. The topological polar surface area (TPSA) is 35.5 Å². The Morgan fingerprint density at radius 3 is 2.12 bits per heavy atom. The molecule has 1 unspecified atom stereocenters. The summed E-state index contributed by atoms with van der Waals surface area (Å²) in [5, 5.41) is 13.3. The standard InChI is InChI=1S/C14H32N2O/c1-7-9-14(5,10-15-8-2)12-16(6)11-13(3,4)17/h15,17H,7-12H2,1-6H3. The molecule has 17 heavy (non-hydrogen) atoms. The summed E-state index contributed by atoms with van der Waals surface area (Å²) in [4.78, 5) is 2.24. The van der Waals surface area contributed by atoms with Crippen LogP contribution in [0.25, 0.3) is 0 Å². The third-order valence-electron chi connectivity index (χ3n) is 2.96. The number of nitrogens with one attached hydrogen (secondary N) is 1. The number of rotatable bonds is 9. The van der Waals surface area contributed by atoms with Gasteiger partial charge in [-0.1, -0.05) is 27.2 Å². The normalized spacial score (nSPS) is 16.2. The van der Waals surface area contributed by atoms with Crippen molar-refractivity contribution in [2.45, 2.75) is 53.1 Å². The maximum absolute atomic E-state index is 9.83. The maximum atomic E-state index is 9.83. The molecule has 0 aliphatic carbocycles. The lowest BCUT2D eigenvalue weighted by atomic mass is 9.84. The number of likely N-dealkylation sites (N-methyl/N-ethyl adjacent to an activating group) is 1. The van der Waals surface area contributed by atoms with Gasteiger partial charge in [-0.2, -0.15) is 0 Å². The predicted octanol–water partition coefficient (Wildman–Crippen LogP) is 2.11. The molecule has 0 fully saturated rings. The second kappa shape index (κ2) is 7.34. The third kappa shape index (κ3) is 8.58. The minimum atomic E-state index is -0.611. The second-order valence-corrected chi connectivity index (χ2v) is 6.33. The lowest BCUT2D eigenvalue weighted by molar-refractivity contribution is 0.0309. The van der Waals surface area contributed by atoms with Crippen LogP contribution in [-0.4, -0.2) is 48.8 Å². The molecule has 0 amide bonds. The van der Waals surface area contributed by atoms with E-state index in [1.807, 2.05) is 13.8 Å². The van der Waals surface area contributed by atoms with Crippen molar-refractivity contribution in [2.75, 3.05) is 33.2 Å². The van der Waals surface area contributed by atoms with E-state index in [-0.39, 0.29) is 0 Å². The SMILES string of the molecule is CCCC(C)(CNCC)CN(C)CC(C)(C)O. The van der Waals surface area contributed by atoms with Crippen LogP contribution in [0, 0.1) is 5.41 Å². The second-order valence-electron chi connectivity index (χ2n) is 6.33. The maximum Gasteiger partial charge on any atom is 0.0718 e. The van der Waals surface area contributed by atoms with Gasteiger partial charge in [0, 0.05) is 19.6 Å². The molecule has 0 saturated carbocycles. The molecule has 2 N–H and O–H groups in total. The summed E-state index contributed by atoms with van der Waals surface area (Å²) < 4.78 is 0. The average Bonchev–Trinajstić information content (AvgIpc) is 2.11. The molecule has 0 radical (unpaired) electrons. The van der Waals surface area contributed by atoms with Crippen molar-refractivity contribution in [1.82, 2.24) is 10.2 Å². The Morgan fingerprint density at radius 2 is 1.71 bits per heavy atom. The van der Waals surface area contributed by atoms with Gasteiger partial charge in [0.2, 0.25) is 0 Å². The summed E-state index contributed by atoms with van der Waals surface area (Å²) in [6.45, 7) is 14.3. The van der Waals surface area contributed by atoms with Crippen LogP contribution < -0.4 is 5.32 Å². The van der Waals surface area contributed by atoms with Gasteiger partial charge >= 0.3 is 0 Å². The van der Waals surface area contributed by atoms with Gasteiger partial charge in [0.05, 0.1) is 5.60 Å². The predicted molar refractivity (Wildman–Crippen MR) is 75.4 cm³/mol. The van der Waals surface area contributed by atoms with Crippen LogP contribution in [-0.2, 0) is 0 Å². The zero-order valence-corrected chi connectivity index (χ0v) is 12.6. The van der Waals surface area contributed by atoms with Crippen molar-refractivity contribution >= 4 is 0 Å². The van der Waals surface area contributed by atoms with Crippen molar-refractivity contribution in [1.29, 1.82) is 0 Å².